The first kappa shape index (κ1) is 24.6. The smallest absolute Gasteiger partial charge is 0.410 e. The predicted octanol–water partition coefficient (Wildman–Crippen LogP) is 5.23. The first-order chi connectivity index (χ1) is 16.5. The van der Waals surface area contributed by atoms with Gasteiger partial charge in [-0.15, -0.1) is 0 Å². The molecule has 184 valence electrons. The number of nitriles is 1. The van der Waals surface area contributed by atoms with Crippen LogP contribution in [-0.2, 0) is 16.6 Å². The number of ether oxygens (including phenoxy) is 2. The van der Waals surface area contributed by atoms with Crippen molar-refractivity contribution in [1.29, 1.82) is 5.26 Å². The summed E-state index contributed by atoms with van der Waals surface area (Å²) in [5, 5.41) is 9.32. The van der Waals surface area contributed by atoms with Gasteiger partial charge in [-0.3, -0.25) is 4.79 Å². The van der Waals surface area contributed by atoms with Gasteiger partial charge in [-0.1, -0.05) is 26.0 Å². The van der Waals surface area contributed by atoms with Gasteiger partial charge in [-0.05, 0) is 51.5 Å². The SMILES string of the molecule is CCN(CCOc1ccc2c(c1)C(C)(C)c1[nH]c3c(c1C2=O)C=CC(C#N)C3)C(=O)OC(C)(C)C. The molecule has 0 spiro atoms. The van der Waals surface area contributed by atoms with Crippen LogP contribution in [0.4, 0.5) is 4.79 Å². The van der Waals surface area contributed by atoms with E-state index in [2.05, 4.69) is 24.9 Å². The summed E-state index contributed by atoms with van der Waals surface area (Å²) in [5.41, 5.74) is 3.98. The molecule has 35 heavy (non-hydrogen) atoms. The number of hydrogen-bond acceptors (Lipinski definition) is 5. The highest BCUT2D eigenvalue weighted by molar-refractivity contribution is 6.15. The summed E-state index contributed by atoms with van der Waals surface area (Å²) in [6, 6.07) is 7.85. The Morgan fingerprint density at radius 2 is 2.06 bits per heavy atom. The van der Waals surface area contributed by atoms with Crippen molar-refractivity contribution in [2.24, 2.45) is 5.92 Å². The summed E-state index contributed by atoms with van der Waals surface area (Å²) in [4.78, 5) is 31.0. The van der Waals surface area contributed by atoms with Gasteiger partial charge in [0.1, 0.15) is 18.0 Å². The van der Waals surface area contributed by atoms with E-state index in [4.69, 9.17) is 9.47 Å². The molecule has 7 heteroatoms. The Hall–Kier alpha value is -3.53. The second-order valence-electron chi connectivity index (χ2n) is 10.6. The number of nitrogens with one attached hydrogen (secondary N) is 1. The topological polar surface area (TPSA) is 95.4 Å². The Balaban J connectivity index is 1.54. The van der Waals surface area contributed by atoms with E-state index in [9.17, 15) is 14.9 Å². The molecule has 1 aromatic carbocycles. The summed E-state index contributed by atoms with van der Waals surface area (Å²) >= 11 is 0. The summed E-state index contributed by atoms with van der Waals surface area (Å²) in [6.07, 6.45) is 3.99. The number of aromatic nitrogens is 1. The van der Waals surface area contributed by atoms with Crippen LogP contribution in [0.25, 0.3) is 6.08 Å². The molecule has 1 N–H and O–H groups in total. The first-order valence-electron chi connectivity index (χ1n) is 12.1. The lowest BCUT2D eigenvalue weighted by molar-refractivity contribution is 0.0237. The highest BCUT2D eigenvalue weighted by Gasteiger charge is 2.41. The van der Waals surface area contributed by atoms with E-state index >= 15 is 0 Å². The molecule has 1 amide bonds. The third-order valence-corrected chi connectivity index (χ3v) is 6.63. The fourth-order valence-electron chi connectivity index (χ4n) is 4.78. The van der Waals surface area contributed by atoms with E-state index in [1.165, 1.54) is 0 Å². The quantitative estimate of drug-likeness (QED) is 0.639. The summed E-state index contributed by atoms with van der Waals surface area (Å²) < 4.78 is 11.4. The molecule has 0 radical (unpaired) electrons. The molecule has 7 nitrogen and oxygen atoms in total. The zero-order valence-electron chi connectivity index (χ0n) is 21.3. The highest BCUT2D eigenvalue weighted by Crippen LogP contribution is 2.45. The number of amides is 1. The number of allylic oxidation sites excluding steroid dienone is 1. The zero-order chi connectivity index (χ0) is 25.5. The number of fused-ring (bicyclic) bond motifs is 4. The van der Waals surface area contributed by atoms with Crippen molar-refractivity contribution in [1.82, 2.24) is 9.88 Å². The van der Waals surface area contributed by atoms with Crippen LogP contribution in [-0.4, -0.2) is 47.1 Å². The van der Waals surface area contributed by atoms with Crippen LogP contribution in [0.2, 0.25) is 0 Å². The van der Waals surface area contributed by atoms with E-state index in [1.807, 2.05) is 58.0 Å². The van der Waals surface area contributed by atoms with Crippen molar-refractivity contribution >= 4 is 18.0 Å². The molecule has 2 aliphatic carbocycles. The number of aromatic amines is 1. The second kappa shape index (κ2) is 8.92. The minimum absolute atomic E-state index is 0.0134. The van der Waals surface area contributed by atoms with Gasteiger partial charge in [0.15, 0.2) is 5.78 Å². The van der Waals surface area contributed by atoms with Gasteiger partial charge >= 0.3 is 6.09 Å². The number of benzene rings is 1. The van der Waals surface area contributed by atoms with Crippen LogP contribution in [0.5, 0.6) is 5.75 Å². The monoisotopic (exact) mass is 475 g/mol. The summed E-state index contributed by atoms with van der Waals surface area (Å²) in [5.74, 6) is 0.446. The van der Waals surface area contributed by atoms with E-state index in [0.29, 0.717) is 43.0 Å². The van der Waals surface area contributed by atoms with Gasteiger partial charge in [-0.25, -0.2) is 4.79 Å². The maximum Gasteiger partial charge on any atom is 0.410 e. The molecule has 1 unspecified atom stereocenters. The Labute approximate surface area is 206 Å². The number of hydrogen-bond donors (Lipinski definition) is 1. The highest BCUT2D eigenvalue weighted by atomic mass is 16.6. The van der Waals surface area contributed by atoms with Crippen molar-refractivity contribution in [3.63, 3.8) is 0 Å². The maximum atomic E-state index is 13.5. The average Bonchev–Trinajstić information content (AvgIpc) is 3.19. The summed E-state index contributed by atoms with van der Waals surface area (Å²) in [6.45, 7) is 12.8. The minimum atomic E-state index is -0.552. The van der Waals surface area contributed by atoms with Crippen LogP contribution in [0.3, 0.4) is 0 Å². The van der Waals surface area contributed by atoms with Crippen molar-refractivity contribution in [3.05, 3.63) is 57.9 Å². The molecule has 0 fully saturated rings. The third kappa shape index (κ3) is 4.58. The fourth-order valence-corrected chi connectivity index (χ4v) is 4.78. The molecule has 0 saturated heterocycles. The largest absolute Gasteiger partial charge is 0.492 e. The van der Waals surface area contributed by atoms with Crippen LogP contribution < -0.4 is 4.74 Å². The number of ketones is 1. The van der Waals surface area contributed by atoms with Gasteiger partial charge < -0.3 is 19.4 Å². The van der Waals surface area contributed by atoms with Gasteiger partial charge in [0.05, 0.1) is 24.1 Å². The number of likely N-dealkylation sites (N-methyl/N-ethyl adjacent to an activating group) is 1. The maximum absolute atomic E-state index is 13.5. The van der Waals surface area contributed by atoms with E-state index < -0.39 is 11.0 Å². The van der Waals surface area contributed by atoms with Crippen LogP contribution in [0, 0.1) is 17.2 Å². The second-order valence-corrected chi connectivity index (χ2v) is 10.6. The lowest BCUT2D eigenvalue weighted by Gasteiger charge is -2.32. The fraction of sp³-hybridized carbons (Fsp3) is 0.464. The molecule has 0 bridgehead atoms. The Morgan fingerprint density at radius 1 is 1.31 bits per heavy atom. The van der Waals surface area contributed by atoms with Gasteiger partial charge in [0, 0.05) is 40.9 Å². The number of rotatable bonds is 5. The predicted molar refractivity (Wildman–Crippen MR) is 134 cm³/mol. The van der Waals surface area contributed by atoms with E-state index in [1.54, 1.807) is 4.90 Å². The zero-order valence-corrected chi connectivity index (χ0v) is 21.3. The van der Waals surface area contributed by atoms with Gasteiger partial charge in [-0.2, -0.15) is 5.26 Å². The van der Waals surface area contributed by atoms with Gasteiger partial charge in [0.25, 0.3) is 0 Å². The third-order valence-electron chi connectivity index (χ3n) is 6.63. The average molecular weight is 476 g/mol. The number of carbonyl (C=O) groups excluding carboxylic acids is 2. The standard InChI is InChI=1S/C28H33N3O4/c1-7-31(26(33)35-27(2,3)4)12-13-34-18-9-11-19-21(15-18)28(5,6)25-23(24(19)32)20-10-8-17(16-29)14-22(20)30-25/h8-11,15,17,30H,7,12-14H2,1-6H3. The number of carbonyl (C=O) groups is 2. The molecule has 4 rings (SSSR count). The molecule has 2 aromatic rings. The molecule has 1 heterocycles. The van der Waals surface area contributed by atoms with Crippen LogP contribution in [0.15, 0.2) is 24.3 Å². The van der Waals surface area contributed by atoms with E-state index in [0.717, 1.165) is 22.5 Å². The molecule has 0 aliphatic heterocycles. The van der Waals surface area contributed by atoms with Crippen molar-refractivity contribution < 1.29 is 19.1 Å². The van der Waals surface area contributed by atoms with Crippen LogP contribution in [0.1, 0.15) is 80.0 Å². The number of H-pyrrole nitrogens is 1. The van der Waals surface area contributed by atoms with E-state index in [-0.39, 0.29) is 17.8 Å². The molecule has 0 saturated carbocycles. The molecular formula is C28H33N3O4. The van der Waals surface area contributed by atoms with Crippen molar-refractivity contribution in [3.8, 4) is 11.8 Å². The Kier molecular flexibility index (Phi) is 6.27. The molecule has 1 atom stereocenters. The summed E-state index contributed by atoms with van der Waals surface area (Å²) in [7, 11) is 0. The van der Waals surface area contributed by atoms with Crippen LogP contribution >= 0.6 is 0 Å². The first-order valence-corrected chi connectivity index (χ1v) is 12.1. The molecule has 1 aromatic heterocycles. The normalized spacial score (nSPS) is 17.6. The molecule has 2 aliphatic rings. The number of nitrogens with zero attached hydrogens (tertiary/aromatic N) is 2. The lowest BCUT2D eigenvalue weighted by Crippen LogP contribution is -2.39. The Bertz CT molecular complexity index is 1240. The molecular weight excluding hydrogens is 442 g/mol. The van der Waals surface area contributed by atoms with Crippen molar-refractivity contribution in [2.75, 3.05) is 19.7 Å². The van der Waals surface area contributed by atoms with Gasteiger partial charge in [0.2, 0.25) is 0 Å². The Morgan fingerprint density at radius 3 is 2.71 bits per heavy atom. The minimum Gasteiger partial charge on any atom is -0.492 e. The van der Waals surface area contributed by atoms with Crippen molar-refractivity contribution in [2.45, 2.75) is 59.0 Å². The lowest BCUT2D eigenvalue weighted by atomic mass is 9.71.